The Balaban J connectivity index is 1.36. The first-order valence-corrected chi connectivity index (χ1v) is 17.3. The summed E-state index contributed by atoms with van der Waals surface area (Å²) in [6.45, 7) is 1.13. The number of nitrogens with one attached hydrogen (secondary N) is 1. The average molecular weight is 684 g/mol. The van der Waals surface area contributed by atoms with Crippen LogP contribution in [0, 0.1) is 11.7 Å². The minimum atomic E-state index is -1.18. The number of thioether (sulfide) groups is 2. The Morgan fingerprint density at radius 1 is 1.04 bits per heavy atom. The summed E-state index contributed by atoms with van der Waals surface area (Å²) in [7, 11) is 0. The second-order valence-corrected chi connectivity index (χ2v) is 13.1. The van der Waals surface area contributed by atoms with Gasteiger partial charge in [-0.05, 0) is 71.8 Å². The zero-order valence-electron chi connectivity index (χ0n) is 26.0. The second-order valence-electron chi connectivity index (χ2n) is 11.1. The van der Waals surface area contributed by atoms with Crippen molar-refractivity contribution < 1.29 is 38.5 Å². The number of nitrogens with two attached hydrogens (primary N) is 1. The number of aliphatic carboxylic acids is 1. The lowest BCUT2D eigenvalue weighted by atomic mass is 9.92. The molecular formula is C34H38FN3O7S2. The maximum absolute atomic E-state index is 13.6. The van der Waals surface area contributed by atoms with Crippen LogP contribution in [0.15, 0.2) is 77.7 Å². The molecule has 2 unspecified atom stereocenters. The Labute approximate surface area is 281 Å². The van der Waals surface area contributed by atoms with Crippen LogP contribution in [0.2, 0.25) is 0 Å². The normalized spacial score (nSPS) is 17.7. The maximum atomic E-state index is 13.6. The lowest BCUT2D eigenvalue weighted by molar-refractivity contribution is -0.140. The molecule has 0 bridgehead atoms. The first kappa shape index (κ1) is 35.9. The molecule has 0 saturated carbocycles. The zero-order valence-corrected chi connectivity index (χ0v) is 27.6. The number of hydrogen-bond donors (Lipinski definition) is 4. The van der Waals surface area contributed by atoms with Crippen molar-refractivity contribution in [1.82, 2.24) is 5.32 Å². The number of amides is 2. The van der Waals surface area contributed by atoms with Crippen LogP contribution in [0.3, 0.4) is 0 Å². The summed E-state index contributed by atoms with van der Waals surface area (Å²) in [6, 6.07) is 18.7. The Morgan fingerprint density at radius 3 is 2.30 bits per heavy atom. The molecule has 10 nitrogen and oxygen atoms in total. The Morgan fingerprint density at radius 2 is 1.70 bits per heavy atom. The lowest BCUT2D eigenvalue weighted by Gasteiger charge is -2.47. The van der Waals surface area contributed by atoms with Gasteiger partial charge < -0.3 is 30.9 Å². The van der Waals surface area contributed by atoms with Crippen molar-refractivity contribution in [2.24, 2.45) is 11.7 Å². The Hall–Kier alpha value is -3.91. The van der Waals surface area contributed by atoms with E-state index in [1.807, 2.05) is 30.5 Å². The number of carbonyl (C=O) groups excluding carboxylic acids is 3. The summed E-state index contributed by atoms with van der Waals surface area (Å²) in [5.41, 5.74) is 7.74. The van der Waals surface area contributed by atoms with E-state index in [1.165, 1.54) is 23.9 Å². The molecule has 1 aliphatic heterocycles. The number of ketones is 1. The van der Waals surface area contributed by atoms with Crippen molar-refractivity contribution in [3.8, 4) is 5.75 Å². The number of ether oxygens (including phenoxy) is 1. The highest BCUT2D eigenvalue weighted by Gasteiger charge is 2.49. The number of carboxylic acid groups (broad SMARTS) is 1. The van der Waals surface area contributed by atoms with E-state index in [1.54, 1.807) is 60.0 Å². The molecule has 0 aromatic heterocycles. The maximum Gasteiger partial charge on any atom is 0.320 e. The average Bonchev–Trinajstić information content (AvgIpc) is 3.08. The van der Waals surface area contributed by atoms with Gasteiger partial charge in [0.25, 0.3) is 5.91 Å². The van der Waals surface area contributed by atoms with E-state index in [2.05, 4.69) is 5.32 Å². The highest BCUT2D eigenvalue weighted by atomic mass is 32.2. The minimum Gasteiger partial charge on any atom is -0.484 e. The van der Waals surface area contributed by atoms with Crippen LogP contribution in [-0.2, 0) is 19.2 Å². The standard InChI is InChI=1S/C34H38FN3O7S2/c1-3-20(30(36)34(43)44)16-25(39)17-37-29(41)18-45-26-12-4-22(5-13-26)31-32(33(42)38(31)24-10-8-23(35)9-11-24)47-19-28(40)21-6-14-27(46-2)15-7-21/h4-15,20,28,30-32,40H,3,16-19,36H2,1-2H3,(H,37,41)(H,43,44)/t20?,28?,30-,31-,32-/m1/s1. The Bertz CT molecular complexity index is 1540. The molecule has 1 aliphatic rings. The van der Waals surface area contributed by atoms with Crippen molar-refractivity contribution >= 4 is 52.8 Å². The summed E-state index contributed by atoms with van der Waals surface area (Å²) >= 11 is 2.96. The predicted octanol–water partition coefficient (Wildman–Crippen LogP) is 4.36. The van der Waals surface area contributed by atoms with Crippen molar-refractivity contribution in [3.05, 3.63) is 89.7 Å². The van der Waals surface area contributed by atoms with Crippen LogP contribution in [0.1, 0.15) is 43.0 Å². The molecule has 5 atom stereocenters. The number of hydrogen-bond acceptors (Lipinski definition) is 9. The van der Waals surface area contributed by atoms with Gasteiger partial charge in [-0.15, -0.1) is 23.5 Å². The topological polar surface area (TPSA) is 159 Å². The van der Waals surface area contributed by atoms with E-state index in [-0.39, 0.29) is 31.3 Å². The number of β-lactam (4-membered cyclic amide) rings is 1. The molecule has 250 valence electrons. The fourth-order valence-corrected chi connectivity index (χ4v) is 6.91. The van der Waals surface area contributed by atoms with Gasteiger partial charge in [0.15, 0.2) is 12.4 Å². The molecule has 47 heavy (non-hydrogen) atoms. The number of aliphatic hydroxyl groups excluding tert-OH is 1. The first-order chi connectivity index (χ1) is 22.5. The van der Waals surface area contributed by atoms with Crippen molar-refractivity contribution in [2.75, 3.05) is 30.1 Å². The smallest absolute Gasteiger partial charge is 0.320 e. The van der Waals surface area contributed by atoms with E-state index in [0.29, 0.717) is 23.6 Å². The van der Waals surface area contributed by atoms with Gasteiger partial charge in [-0.1, -0.05) is 37.6 Å². The molecule has 3 aromatic carbocycles. The molecule has 4 rings (SSSR count). The van der Waals surface area contributed by atoms with Crippen LogP contribution < -0.4 is 20.7 Å². The van der Waals surface area contributed by atoms with Gasteiger partial charge in [-0.25, -0.2) is 4.39 Å². The van der Waals surface area contributed by atoms with Gasteiger partial charge in [0.2, 0.25) is 5.91 Å². The quantitative estimate of drug-likeness (QED) is 0.119. The number of nitrogens with zero attached hydrogens (tertiary/aromatic N) is 1. The zero-order chi connectivity index (χ0) is 34.1. The van der Waals surface area contributed by atoms with Crippen molar-refractivity contribution in [3.63, 3.8) is 0 Å². The monoisotopic (exact) mass is 683 g/mol. The van der Waals surface area contributed by atoms with Crippen LogP contribution >= 0.6 is 23.5 Å². The molecule has 1 saturated heterocycles. The Kier molecular flexibility index (Phi) is 12.8. The fraction of sp³-hybridized carbons (Fsp3) is 0.353. The van der Waals surface area contributed by atoms with E-state index < -0.39 is 47.0 Å². The van der Waals surface area contributed by atoms with E-state index in [0.717, 1.165) is 16.0 Å². The second kappa shape index (κ2) is 16.8. The summed E-state index contributed by atoms with van der Waals surface area (Å²) < 4.78 is 19.2. The van der Waals surface area contributed by atoms with Crippen LogP contribution in [0.4, 0.5) is 10.1 Å². The van der Waals surface area contributed by atoms with Crippen molar-refractivity contribution in [2.45, 2.75) is 48.1 Å². The number of anilines is 1. The van der Waals surface area contributed by atoms with E-state index >= 15 is 0 Å². The molecule has 13 heteroatoms. The number of aliphatic hydroxyl groups is 1. The SMILES string of the molecule is CCC(CC(=O)CNC(=O)COc1ccc([C@@H]2[C@@H](SCC(O)c3ccc(SC)cc3)C(=O)N2c2ccc(F)cc2)cc1)[C@@H](N)C(=O)O. The number of carbonyl (C=O) groups is 4. The van der Waals surface area contributed by atoms with Gasteiger partial charge in [0.1, 0.15) is 22.9 Å². The number of rotatable bonds is 17. The van der Waals surface area contributed by atoms with Gasteiger partial charge in [0.05, 0.1) is 18.7 Å². The molecule has 0 aliphatic carbocycles. The largest absolute Gasteiger partial charge is 0.484 e. The van der Waals surface area contributed by atoms with E-state index in [4.69, 9.17) is 15.6 Å². The predicted molar refractivity (Wildman–Crippen MR) is 180 cm³/mol. The summed E-state index contributed by atoms with van der Waals surface area (Å²) in [5.74, 6) is -2.45. The van der Waals surface area contributed by atoms with Crippen LogP contribution in [-0.4, -0.2) is 70.2 Å². The van der Waals surface area contributed by atoms with Crippen LogP contribution in [0.5, 0.6) is 5.75 Å². The number of halogens is 1. The summed E-state index contributed by atoms with van der Waals surface area (Å²) in [6.07, 6.45) is 1.56. The number of Topliss-reactive ketones (excluding diaryl/α,β-unsaturated/α-hetero) is 1. The summed E-state index contributed by atoms with van der Waals surface area (Å²) in [5, 5.41) is 21.9. The molecule has 1 fully saturated rings. The lowest BCUT2D eigenvalue weighted by Crippen LogP contribution is -2.57. The molecule has 2 amide bonds. The molecule has 0 spiro atoms. The molecule has 0 radical (unpaired) electrons. The summed E-state index contributed by atoms with van der Waals surface area (Å²) in [4.78, 5) is 51.7. The third kappa shape index (κ3) is 9.34. The van der Waals surface area contributed by atoms with Gasteiger partial charge >= 0.3 is 5.97 Å². The number of benzene rings is 3. The van der Waals surface area contributed by atoms with Gasteiger partial charge in [-0.3, -0.25) is 19.2 Å². The van der Waals surface area contributed by atoms with E-state index in [9.17, 15) is 28.7 Å². The van der Waals surface area contributed by atoms with Gasteiger partial charge in [-0.2, -0.15) is 0 Å². The highest BCUT2D eigenvalue weighted by Crippen LogP contribution is 2.46. The fourth-order valence-electron chi connectivity index (χ4n) is 5.21. The van der Waals surface area contributed by atoms with Crippen LogP contribution in [0.25, 0.3) is 0 Å². The third-order valence-electron chi connectivity index (χ3n) is 7.97. The van der Waals surface area contributed by atoms with Gasteiger partial charge in [0, 0.05) is 22.8 Å². The molecule has 3 aromatic rings. The molecule has 1 heterocycles. The third-order valence-corrected chi connectivity index (χ3v) is 10.0. The minimum absolute atomic E-state index is 0.0608. The van der Waals surface area contributed by atoms with Crippen molar-refractivity contribution in [1.29, 1.82) is 0 Å². The number of carboxylic acids is 1. The first-order valence-electron chi connectivity index (χ1n) is 15.0. The highest BCUT2D eigenvalue weighted by molar-refractivity contribution is 8.00. The molecule has 5 N–H and O–H groups in total. The molecular weight excluding hydrogens is 646 g/mol.